The zero-order valence-electron chi connectivity index (χ0n) is 16.4. The number of rotatable bonds is 9. The van der Waals surface area contributed by atoms with Crippen LogP contribution in [-0.2, 0) is 11.2 Å². The lowest BCUT2D eigenvalue weighted by atomic mass is 10.00. The lowest BCUT2D eigenvalue weighted by Crippen LogP contribution is -2.10. The number of benzene rings is 3. The Bertz CT molecular complexity index is 929. The predicted molar refractivity (Wildman–Crippen MR) is 111 cm³/mol. The summed E-state index contributed by atoms with van der Waals surface area (Å²) in [5.41, 5.74) is 2.21. The minimum absolute atomic E-state index is 0.0725. The molecular formula is C24H26O4. The fraction of sp³-hybridized carbons (Fsp3) is 0.292. The fourth-order valence-electron chi connectivity index (χ4n) is 3.20. The summed E-state index contributed by atoms with van der Waals surface area (Å²) in [7, 11) is 0. The van der Waals surface area contributed by atoms with Gasteiger partial charge in [-0.2, -0.15) is 0 Å². The van der Waals surface area contributed by atoms with E-state index in [2.05, 4.69) is 26.0 Å². The van der Waals surface area contributed by atoms with Crippen LogP contribution >= 0.6 is 0 Å². The van der Waals surface area contributed by atoms with E-state index in [4.69, 9.17) is 14.6 Å². The van der Waals surface area contributed by atoms with Gasteiger partial charge in [0.15, 0.2) is 0 Å². The standard InChI is InChI=1S/C24H26O4/c1-17(2)18-7-10-20(11-8-18)27-15-16-28-23-13-9-19-5-3-4-6-21(19)22(23)12-14-24(25)26/h3-11,13,17H,12,14-16H2,1-2H3,(H,25,26). The van der Waals surface area contributed by atoms with Crippen LogP contribution in [0, 0.1) is 0 Å². The van der Waals surface area contributed by atoms with Crippen molar-refractivity contribution in [3.8, 4) is 11.5 Å². The minimum atomic E-state index is -0.813. The zero-order chi connectivity index (χ0) is 19.9. The second-order valence-electron chi connectivity index (χ2n) is 7.08. The molecule has 0 atom stereocenters. The molecule has 0 amide bonds. The largest absolute Gasteiger partial charge is 0.490 e. The number of aryl methyl sites for hydroxylation is 1. The second-order valence-corrected chi connectivity index (χ2v) is 7.08. The molecule has 0 saturated carbocycles. The summed E-state index contributed by atoms with van der Waals surface area (Å²) in [5, 5.41) is 11.2. The van der Waals surface area contributed by atoms with E-state index in [1.54, 1.807) is 0 Å². The highest BCUT2D eigenvalue weighted by atomic mass is 16.5. The molecule has 1 N–H and O–H groups in total. The second kappa shape index (κ2) is 9.27. The first-order chi connectivity index (χ1) is 13.5. The van der Waals surface area contributed by atoms with Gasteiger partial charge >= 0.3 is 5.97 Å². The first kappa shape index (κ1) is 19.7. The first-order valence-electron chi connectivity index (χ1n) is 9.62. The summed E-state index contributed by atoms with van der Waals surface area (Å²) in [6, 6.07) is 20.0. The minimum Gasteiger partial charge on any atom is -0.490 e. The molecule has 0 aromatic heterocycles. The van der Waals surface area contributed by atoms with E-state index in [9.17, 15) is 4.79 Å². The summed E-state index contributed by atoms with van der Waals surface area (Å²) in [4.78, 5) is 11.0. The molecule has 146 valence electrons. The quantitative estimate of drug-likeness (QED) is 0.504. The summed E-state index contributed by atoms with van der Waals surface area (Å²) < 4.78 is 11.7. The molecule has 0 unspecified atom stereocenters. The van der Waals surface area contributed by atoms with E-state index >= 15 is 0 Å². The van der Waals surface area contributed by atoms with Gasteiger partial charge in [-0.3, -0.25) is 4.79 Å². The van der Waals surface area contributed by atoms with Crippen molar-refractivity contribution in [3.63, 3.8) is 0 Å². The maximum absolute atomic E-state index is 11.0. The lowest BCUT2D eigenvalue weighted by molar-refractivity contribution is -0.136. The molecule has 0 saturated heterocycles. The Morgan fingerprint density at radius 1 is 0.929 bits per heavy atom. The molecule has 0 bridgehead atoms. The van der Waals surface area contributed by atoms with E-state index in [0.29, 0.717) is 25.6 Å². The van der Waals surface area contributed by atoms with Crippen LogP contribution in [0.2, 0.25) is 0 Å². The van der Waals surface area contributed by atoms with Crippen molar-refractivity contribution in [1.29, 1.82) is 0 Å². The Kier molecular flexibility index (Phi) is 6.53. The number of ether oxygens (including phenoxy) is 2. The number of carboxylic acids is 1. The van der Waals surface area contributed by atoms with Crippen molar-refractivity contribution in [3.05, 3.63) is 71.8 Å². The Hall–Kier alpha value is -3.01. The Morgan fingerprint density at radius 3 is 2.36 bits per heavy atom. The lowest BCUT2D eigenvalue weighted by Gasteiger charge is -2.14. The summed E-state index contributed by atoms with van der Waals surface area (Å²) >= 11 is 0. The van der Waals surface area contributed by atoms with Gasteiger partial charge in [0.25, 0.3) is 0 Å². The molecule has 3 rings (SSSR count). The van der Waals surface area contributed by atoms with Crippen LogP contribution in [-0.4, -0.2) is 24.3 Å². The van der Waals surface area contributed by atoms with Crippen molar-refractivity contribution in [2.24, 2.45) is 0 Å². The molecule has 3 aromatic rings. The molecular weight excluding hydrogens is 352 g/mol. The molecule has 0 fully saturated rings. The van der Waals surface area contributed by atoms with Crippen LogP contribution in [0.15, 0.2) is 60.7 Å². The molecule has 0 radical (unpaired) electrons. The number of aliphatic carboxylic acids is 1. The van der Waals surface area contributed by atoms with Crippen LogP contribution in [0.5, 0.6) is 11.5 Å². The van der Waals surface area contributed by atoms with Gasteiger partial charge in [-0.1, -0.05) is 56.3 Å². The molecule has 28 heavy (non-hydrogen) atoms. The van der Waals surface area contributed by atoms with E-state index in [0.717, 1.165) is 27.8 Å². The zero-order valence-corrected chi connectivity index (χ0v) is 16.4. The van der Waals surface area contributed by atoms with Crippen LogP contribution < -0.4 is 9.47 Å². The van der Waals surface area contributed by atoms with Gasteiger partial charge in [0.05, 0.1) is 0 Å². The van der Waals surface area contributed by atoms with E-state index in [1.165, 1.54) is 5.56 Å². The van der Waals surface area contributed by atoms with Gasteiger partial charge < -0.3 is 14.6 Å². The Morgan fingerprint density at radius 2 is 1.64 bits per heavy atom. The van der Waals surface area contributed by atoms with Crippen LogP contribution in [0.3, 0.4) is 0 Å². The maximum Gasteiger partial charge on any atom is 0.303 e. The van der Waals surface area contributed by atoms with Crippen molar-refractivity contribution >= 4 is 16.7 Å². The normalized spacial score (nSPS) is 11.0. The van der Waals surface area contributed by atoms with Crippen molar-refractivity contribution in [2.75, 3.05) is 13.2 Å². The average molecular weight is 378 g/mol. The van der Waals surface area contributed by atoms with Crippen molar-refractivity contribution in [1.82, 2.24) is 0 Å². The third-order valence-corrected chi connectivity index (χ3v) is 4.74. The predicted octanol–water partition coefficient (Wildman–Crippen LogP) is 5.44. The van der Waals surface area contributed by atoms with Gasteiger partial charge in [-0.05, 0) is 46.9 Å². The van der Waals surface area contributed by atoms with Crippen LogP contribution in [0.25, 0.3) is 10.8 Å². The number of hydrogen-bond acceptors (Lipinski definition) is 3. The average Bonchev–Trinajstić information content (AvgIpc) is 2.70. The molecule has 4 nitrogen and oxygen atoms in total. The topological polar surface area (TPSA) is 55.8 Å². The summed E-state index contributed by atoms with van der Waals surface area (Å²) in [6.45, 7) is 5.14. The first-order valence-corrected chi connectivity index (χ1v) is 9.62. The monoisotopic (exact) mass is 378 g/mol. The Balaban J connectivity index is 1.64. The number of fused-ring (bicyclic) bond motifs is 1. The Labute approximate surface area is 165 Å². The third-order valence-electron chi connectivity index (χ3n) is 4.74. The fourth-order valence-corrected chi connectivity index (χ4v) is 3.20. The molecule has 0 heterocycles. The molecule has 0 aliphatic heterocycles. The SMILES string of the molecule is CC(C)c1ccc(OCCOc2ccc3ccccc3c2CCC(=O)O)cc1. The van der Waals surface area contributed by atoms with Gasteiger partial charge in [0.1, 0.15) is 24.7 Å². The van der Waals surface area contributed by atoms with E-state index in [-0.39, 0.29) is 6.42 Å². The molecule has 0 aliphatic carbocycles. The van der Waals surface area contributed by atoms with Crippen LogP contribution in [0.4, 0.5) is 0 Å². The summed E-state index contributed by atoms with van der Waals surface area (Å²) in [6.07, 6.45) is 0.507. The highest BCUT2D eigenvalue weighted by molar-refractivity contribution is 5.88. The number of carbonyl (C=O) groups is 1. The molecule has 4 heteroatoms. The number of carboxylic acid groups (broad SMARTS) is 1. The molecule has 3 aromatic carbocycles. The molecule has 0 spiro atoms. The summed E-state index contributed by atoms with van der Waals surface area (Å²) in [5.74, 6) is 1.22. The van der Waals surface area contributed by atoms with Crippen LogP contribution in [0.1, 0.15) is 37.3 Å². The van der Waals surface area contributed by atoms with Gasteiger partial charge in [-0.15, -0.1) is 0 Å². The van der Waals surface area contributed by atoms with Crippen molar-refractivity contribution in [2.45, 2.75) is 32.6 Å². The van der Waals surface area contributed by atoms with Gasteiger partial charge in [0, 0.05) is 12.0 Å². The van der Waals surface area contributed by atoms with Gasteiger partial charge in [0.2, 0.25) is 0 Å². The third kappa shape index (κ3) is 5.03. The molecule has 0 aliphatic rings. The maximum atomic E-state index is 11.0. The van der Waals surface area contributed by atoms with E-state index < -0.39 is 5.97 Å². The smallest absolute Gasteiger partial charge is 0.303 e. The van der Waals surface area contributed by atoms with Gasteiger partial charge in [-0.25, -0.2) is 0 Å². The highest BCUT2D eigenvalue weighted by Gasteiger charge is 2.11. The number of hydrogen-bond donors (Lipinski definition) is 1. The van der Waals surface area contributed by atoms with Crippen molar-refractivity contribution < 1.29 is 19.4 Å². The van der Waals surface area contributed by atoms with E-state index in [1.807, 2.05) is 48.5 Å². The highest BCUT2D eigenvalue weighted by Crippen LogP contribution is 2.29.